The maximum absolute atomic E-state index is 13.8. The zero-order chi connectivity index (χ0) is 42.4. The Bertz CT molecular complexity index is 2010. The summed E-state index contributed by atoms with van der Waals surface area (Å²) in [4.78, 5) is 76.2. The first-order valence-electron chi connectivity index (χ1n) is 18.1. The third kappa shape index (κ3) is 7.94. The fourth-order valence-electron chi connectivity index (χ4n) is 7.60. The SMILES string of the molecule is COc1cccc2c1C(=O)c1c(cc3c(c1O)[C@@H](O[C@H]1C[C@H](NC(=O)CCCNC(=O)O[C@@H]4O[C@H](C(=O)O)[C@@H](O)[C@H](O)[C@H]4O)[C@H](O)[C@H](C)O1)C[C@](O)(C(=O)O)C3)C2=O. The number of carboxylic acids is 2. The number of hydrogen-bond acceptors (Lipinski definition) is 17. The summed E-state index contributed by atoms with van der Waals surface area (Å²) in [5, 5.41) is 87.5. The van der Waals surface area contributed by atoms with E-state index in [1.54, 1.807) is 0 Å². The van der Waals surface area contributed by atoms with Gasteiger partial charge in [-0.3, -0.25) is 14.4 Å². The van der Waals surface area contributed by atoms with Gasteiger partial charge in [0.25, 0.3) is 0 Å². The Hall–Kier alpha value is -5.26. The second kappa shape index (κ2) is 16.5. The molecule has 10 N–H and O–H groups in total. The Morgan fingerprint density at radius 3 is 2.34 bits per heavy atom. The quantitative estimate of drug-likeness (QED) is 0.0972. The van der Waals surface area contributed by atoms with Crippen LogP contribution in [0, 0.1) is 0 Å². The number of benzene rings is 2. The third-order valence-electron chi connectivity index (χ3n) is 10.6. The van der Waals surface area contributed by atoms with Crippen molar-refractivity contribution in [1.29, 1.82) is 0 Å². The van der Waals surface area contributed by atoms with Crippen molar-refractivity contribution in [3.05, 3.63) is 57.6 Å². The van der Waals surface area contributed by atoms with E-state index in [0.29, 0.717) is 0 Å². The van der Waals surface area contributed by atoms with Crippen molar-refractivity contribution >= 4 is 35.5 Å². The Morgan fingerprint density at radius 1 is 0.948 bits per heavy atom. The lowest BCUT2D eigenvalue weighted by atomic mass is 9.73. The average molecular weight is 819 g/mol. The molecule has 4 aliphatic rings. The molecule has 0 radical (unpaired) electrons. The second-order valence-corrected chi connectivity index (χ2v) is 14.4. The van der Waals surface area contributed by atoms with Gasteiger partial charge in [-0.2, -0.15) is 0 Å². The minimum absolute atomic E-state index is 0.00908. The van der Waals surface area contributed by atoms with Crippen LogP contribution >= 0.6 is 0 Å². The number of aliphatic hydroxyl groups is 5. The molecule has 2 amide bonds. The maximum atomic E-state index is 13.8. The number of aliphatic carboxylic acids is 2. The molecule has 58 heavy (non-hydrogen) atoms. The van der Waals surface area contributed by atoms with E-state index in [1.165, 1.54) is 38.3 Å². The van der Waals surface area contributed by atoms with E-state index in [2.05, 4.69) is 10.6 Å². The van der Waals surface area contributed by atoms with Crippen molar-refractivity contribution in [2.75, 3.05) is 13.7 Å². The number of alkyl carbamates (subject to hydrolysis) is 1. The van der Waals surface area contributed by atoms with E-state index in [1.807, 2.05) is 0 Å². The molecule has 2 aliphatic carbocycles. The van der Waals surface area contributed by atoms with Crippen molar-refractivity contribution < 1.29 is 93.3 Å². The molecule has 2 aliphatic heterocycles. The van der Waals surface area contributed by atoms with Gasteiger partial charge in [0.1, 0.15) is 35.9 Å². The monoisotopic (exact) mass is 818 g/mol. The summed E-state index contributed by atoms with van der Waals surface area (Å²) in [5.41, 5.74) is -3.10. The van der Waals surface area contributed by atoms with Crippen LogP contribution in [-0.2, 0) is 39.8 Å². The summed E-state index contributed by atoms with van der Waals surface area (Å²) in [7, 11) is 1.31. The average Bonchev–Trinajstić information content (AvgIpc) is 3.16. The number of carbonyl (C=O) groups excluding carboxylic acids is 4. The van der Waals surface area contributed by atoms with E-state index in [9.17, 15) is 64.5 Å². The van der Waals surface area contributed by atoms with E-state index in [0.717, 1.165) is 0 Å². The van der Waals surface area contributed by atoms with Crippen LogP contribution in [0.4, 0.5) is 4.79 Å². The van der Waals surface area contributed by atoms with Crippen LogP contribution < -0.4 is 15.4 Å². The summed E-state index contributed by atoms with van der Waals surface area (Å²) in [5.74, 6) is -5.82. The van der Waals surface area contributed by atoms with Crippen LogP contribution in [0.25, 0.3) is 0 Å². The second-order valence-electron chi connectivity index (χ2n) is 14.4. The Labute approximate surface area is 328 Å². The fraction of sp³-hybridized carbons (Fsp3) is 0.514. The van der Waals surface area contributed by atoms with Gasteiger partial charge in [0.15, 0.2) is 23.8 Å². The fourth-order valence-corrected chi connectivity index (χ4v) is 7.60. The highest BCUT2D eigenvalue weighted by Crippen LogP contribution is 2.48. The van der Waals surface area contributed by atoms with Crippen LogP contribution in [0.15, 0.2) is 24.3 Å². The molecule has 2 fully saturated rings. The van der Waals surface area contributed by atoms with Gasteiger partial charge in [0.2, 0.25) is 18.0 Å². The molecular weight excluding hydrogens is 776 g/mol. The van der Waals surface area contributed by atoms with Gasteiger partial charge in [0, 0.05) is 48.9 Å². The highest BCUT2D eigenvalue weighted by Gasteiger charge is 2.50. The molecule has 6 rings (SSSR count). The summed E-state index contributed by atoms with van der Waals surface area (Å²) in [6.45, 7) is 1.31. The van der Waals surface area contributed by atoms with E-state index in [-0.39, 0.29) is 64.9 Å². The maximum Gasteiger partial charge on any atom is 0.409 e. The Balaban J connectivity index is 1.11. The molecule has 0 spiro atoms. The van der Waals surface area contributed by atoms with Gasteiger partial charge in [0.05, 0.1) is 36.5 Å². The smallest absolute Gasteiger partial charge is 0.409 e. The van der Waals surface area contributed by atoms with Crippen molar-refractivity contribution in [3.8, 4) is 11.5 Å². The number of carbonyl (C=O) groups is 6. The predicted octanol–water partition coefficient (Wildman–Crippen LogP) is -1.62. The largest absolute Gasteiger partial charge is 0.507 e. The van der Waals surface area contributed by atoms with Crippen molar-refractivity contribution in [1.82, 2.24) is 10.6 Å². The zero-order valence-electron chi connectivity index (χ0n) is 30.9. The lowest BCUT2D eigenvalue weighted by molar-refractivity contribution is -0.278. The molecule has 0 unspecified atom stereocenters. The molecular formula is C37H42N2O19. The van der Waals surface area contributed by atoms with Crippen molar-refractivity contribution in [3.63, 3.8) is 0 Å². The van der Waals surface area contributed by atoms with Gasteiger partial charge >= 0.3 is 18.0 Å². The molecule has 314 valence electrons. The predicted molar refractivity (Wildman–Crippen MR) is 188 cm³/mol. The zero-order valence-corrected chi connectivity index (χ0v) is 30.9. The lowest BCUT2D eigenvalue weighted by Crippen LogP contribution is -2.61. The summed E-state index contributed by atoms with van der Waals surface area (Å²) >= 11 is 0. The van der Waals surface area contributed by atoms with Crippen LogP contribution in [0.3, 0.4) is 0 Å². The number of aliphatic hydroxyl groups excluding tert-OH is 4. The standard InChI is InChI=1S/C37H42N2O19/c1-13-25(41)17(39-20(40)7-4-8-38-36(52)58-34-31(47)29(45)30(46)32(57-34)33(48)49)10-21(55-13)56-19-12-37(53,35(50)51)11-14-9-16-24(27(43)22(14)19)28(44)23-15(26(16)42)5-3-6-18(23)54-2/h3,5-6,9,13,17,19,21,25,29-32,34,41,43,45-47,53H,4,7-8,10-12H2,1-2H3,(H,38,52)(H,39,40)(H,48,49)(H,50,51)/t13-,17-,19-,21-,25+,29-,30-,31+,32-,34-,37-/m0/s1. The van der Waals surface area contributed by atoms with Crippen LogP contribution in [0.1, 0.15) is 81.7 Å². The van der Waals surface area contributed by atoms with Crippen molar-refractivity contribution in [2.45, 2.75) is 106 Å². The van der Waals surface area contributed by atoms with E-state index in [4.69, 9.17) is 28.8 Å². The lowest BCUT2D eigenvalue weighted by Gasteiger charge is -2.42. The molecule has 21 nitrogen and oxygen atoms in total. The number of fused-ring (bicyclic) bond motifs is 3. The third-order valence-corrected chi connectivity index (χ3v) is 10.6. The number of ether oxygens (including phenoxy) is 5. The molecule has 2 aromatic rings. The van der Waals surface area contributed by atoms with E-state index >= 15 is 0 Å². The minimum atomic E-state index is -2.44. The van der Waals surface area contributed by atoms with E-state index < -0.39 is 121 Å². The first-order valence-corrected chi connectivity index (χ1v) is 18.1. The normalized spacial score (nSPS) is 31.6. The summed E-state index contributed by atoms with van der Waals surface area (Å²) in [6, 6.07) is 4.65. The Morgan fingerprint density at radius 2 is 1.67 bits per heavy atom. The number of nitrogens with one attached hydrogen (secondary N) is 2. The Kier molecular flexibility index (Phi) is 12.1. The van der Waals surface area contributed by atoms with Crippen LogP contribution in [0.2, 0.25) is 0 Å². The number of hydrogen-bond donors (Lipinski definition) is 10. The first-order chi connectivity index (χ1) is 27.4. The first kappa shape index (κ1) is 42.3. The summed E-state index contributed by atoms with van der Waals surface area (Å²) in [6.07, 6.45) is -17.6. The van der Waals surface area contributed by atoms with Gasteiger partial charge in [-0.05, 0) is 31.0 Å². The number of ketones is 2. The number of carboxylic acid groups (broad SMARTS) is 2. The highest BCUT2D eigenvalue weighted by molar-refractivity contribution is 6.30. The molecule has 0 saturated carbocycles. The topological polar surface area (TPSA) is 334 Å². The van der Waals surface area contributed by atoms with Crippen molar-refractivity contribution in [2.24, 2.45) is 0 Å². The van der Waals surface area contributed by atoms with Crippen LogP contribution in [0.5, 0.6) is 11.5 Å². The van der Waals surface area contributed by atoms with Crippen LogP contribution in [-0.4, -0.2) is 151 Å². The summed E-state index contributed by atoms with van der Waals surface area (Å²) < 4.78 is 27.0. The van der Waals surface area contributed by atoms with Gasteiger partial charge in [-0.15, -0.1) is 0 Å². The molecule has 0 bridgehead atoms. The number of phenols is 1. The number of amides is 2. The molecule has 0 aromatic heterocycles. The van der Waals surface area contributed by atoms with Gasteiger partial charge in [-0.1, -0.05) is 12.1 Å². The highest BCUT2D eigenvalue weighted by atomic mass is 16.7. The molecule has 2 saturated heterocycles. The number of phenolic OH excluding ortho intramolecular Hbond substituents is 1. The van der Waals surface area contributed by atoms with Gasteiger partial charge < -0.3 is 75.2 Å². The minimum Gasteiger partial charge on any atom is -0.507 e. The molecule has 21 heteroatoms. The molecule has 2 aromatic carbocycles. The molecule has 2 heterocycles. The number of aromatic hydroxyl groups is 1. The number of rotatable bonds is 11. The number of methoxy groups -OCH3 is 1. The molecule has 11 atom stereocenters. The van der Waals surface area contributed by atoms with Gasteiger partial charge in [-0.25, -0.2) is 14.4 Å².